The van der Waals surface area contributed by atoms with Crippen LogP contribution in [0.5, 0.6) is 5.75 Å². The first-order valence-electron chi connectivity index (χ1n) is 8.67. The summed E-state index contributed by atoms with van der Waals surface area (Å²) in [5.74, 6) is 0.510. The van der Waals surface area contributed by atoms with Crippen LogP contribution in [0.4, 0.5) is 0 Å². The van der Waals surface area contributed by atoms with Crippen molar-refractivity contribution in [3.05, 3.63) is 29.8 Å². The highest BCUT2D eigenvalue weighted by Gasteiger charge is 2.54. The molecule has 24 heavy (non-hydrogen) atoms. The lowest BCUT2D eigenvalue weighted by Crippen LogP contribution is -2.80. The van der Waals surface area contributed by atoms with Crippen LogP contribution >= 0.6 is 0 Å². The summed E-state index contributed by atoms with van der Waals surface area (Å²) in [4.78, 5) is 18.8. The van der Waals surface area contributed by atoms with Gasteiger partial charge in [-0.15, -0.1) is 0 Å². The number of aromatic hydroxyl groups is 1. The summed E-state index contributed by atoms with van der Waals surface area (Å²) < 4.78 is 5.64. The summed E-state index contributed by atoms with van der Waals surface area (Å²) in [5, 5.41) is 9.98. The van der Waals surface area contributed by atoms with E-state index >= 15 is 0 Å². The Bertz CT molecular complexity index is 630. The van der Waals surface area contributed by atoms with E-state index in [0.717, 1.165) is 51.4 Å². The summed E-state index contributed by atoms with van der Waals surface area (Å²) in [6.45, 7) is 8.29. The highest BCUT2D eigenvalue weighted by molar-refractivity contribution is 5.73. The average molecular weight is 331 g/mol. The minimum absolute atomic E-state index is 0.0444. The number of piperazine rings is 1. The third kappa shape index (κ3) is 2.68. The van der Waals surface area contributed by atoms with Crippen molar-refractivity contribution >= 4 is 5.91 Å². The monoisotopic (exact) mass is 331 g/mol. The molecule has 0 radical (unpaired) electrons. The van der Waals surface area contributed by atoms with Gasteiger partial charge in [0.05, 0.1) is 24.8 Å². The summed E-state index contributed by atoms with van der Waals surface area (Å²) >= 11 is 0. The van der Waals surface area contributed by atoms with Crippen molar-refractivity contribution < 1.29 is 14.6 Å². The largest absolute Gasteiger partial charge is 0.508 e. The summed E-state index contributed by atoms with van der Waals surface area (Å²) in [5.41, 5.74) is 1.01. The van der Waals surface area contributed by atoms with Crippen LogP contribution in [-0.2, 0) is 16.1 Å². The van der Waals surface area contributed by atoms with Crippen LogP contribution in [0.2, 0.25) is 0 Å². The van der Waals surface area contributed by atoms with Gasteiger partial charge in [0, 0.05) is 51.8 Å². The fraction of sp³-hybridized carbons (Fsp3) is 0.611. The molecule has 3 heterocycles. The molecule has 0 aliphatic carbocycles. The maximum Gasteiger partial charge on any atom is 0.219 e. The van der Waals surface area contributed by atoms with Crippen molar-refractivity contribution in [2.24, 2.45) is 0 Å². The van der Waals surface area contributed by atoms with Crippen molar-refractivity contribution in [2.75, 3.05) is 45.9 Å². The van der Waals surface area contributed by atoms with Gasteiger partial charge in [-0.05, 0) is 6.07 Å². The molecule has 0 bridgehead atoms. The lowest BCUT2D eigenvalue weighted by Gasteiger charge is -2.63. The van der Waals surface area contributed by atoms with Crippen molar-refractivity contribution in [1.29, 1.82) is 0 Å². The van der Waals surface area contributed by atoms with Crippen LogP contribution in [0.1, 0.15) is 12.5 Å². The van der Waals surface area contributed by atoms with Gasteiger partial charge in [-0.3, -0.25) is 14.6 Å². The molecular formula is C18H25N3O3. The molecule has 6 nitrogen and oxygen atoms in total. The Hall–Kier alpha value is -1.63. The normalized spacial score (nSPS) is 26.9. The van der Waals surface area contributed by atoms with E-state index < -0.39 is 0 Å². The molecule has 1 aromatic rings. The number of hydrogen-bond donors (Lipinski definition) is 1. The van der Waals surface area contributed by atoms with Crippen LogP contribution in [0, 0.1) is 0 Å². The van der Waals surface area contributed by atoms with E-state index in [1.54, 1.807) is 13.0 Å². The Morgan fingerprint density at radius 2 is 2.12 bits per heavy atom. The van der Waals surface area contributed by atoms with E-state index in [4.69, 9.17) is 4.74 Å². The Labute approximate surface area is 142 Å². The van der Waals surface area contributed by atoms with Crippen LogP contribution < -0.4 is 0 Å². The highest BCUT2D eigenvalue weighted by Crippen LogP contribution is 2.37. The van der Waals surface area contributed by atoms with E-state index in [1.807, 2.05) is 23.1 Å². The zero-order valence-corrected chi connectivity index (χ0v) is 14.1. The smallest absolute Gasteiger partial charge is 0.219 e. The lowest BCUT2D eigenvalue weighted by molar-refractivity contribution is -0.175. The van der Waals surface area contributed by atoms with E-state index in [1.165, 1.54) is 0 Å². The van der Waals surface area contributed by atoms with Crippen molar-refractivity contribution in [2.45, 2.75) is 25.0 Å². The first-order chi connectivity index (χ1) is 11.6. The van der Waals surface area contributed by atoms with Gasteiger partial charge in [0.2, 0.25) is 5.91 Å². The molecule has 1 N–H and O–H groups in total. The lowest BCUT2D eigenvalue weighted by atomic mass is 9.82. The fourth-order valence-corrected chi connectivity index (χ4v) is 4.50. The SMILES string of the molecule is CC(=O)N1C[C@@H]2COCCN2C2(CN(Cc3ccccc3O)C2)C1. The predicted octanol–water partition coefficient (Wildman–Crippen LogP) is 0.510. The molecule has 3 aliphatic heterocycles. The number of nitrogens with zero attached hydrogens (tertiary/aromatic N) is 3. The number of ether oxygens (including phenoxy) is 1. The Balaban J connectivity index is 1.48. The number of likely N-dealkylation sites (tertiary alicyclic amines) is 1. The van der Waals surface area contributed by atoms with Gasteiger partial charge in [0.15, 0.2) is 0 Å². The van der Waals surface area contributed by atoms with Crippen molar-refractivity contribution in [1.82, 2.24) is 14.7 Å². The van der Waals surface area contributed by atoms with Gasteiger partial charge >= 0.3 is 0 Å². The first-order valence-corrected chi connectivity index (χ1v) is 8.67. The number of fused-ring (bicyclic) bond motifs is 2. The number of amides is 1. The molecule has 0 saturated carbocycles. The van der Waals surface area contributed by atoms with E-state index in [2.05, 4.69) is 9.80 Å². The maximum absolute atomic E-state index is 11.9. The van der Waals surface area contributed by atoms with Gasteiger partial charge < -0.3 is 14.7 Å². The number of para-hydroxylation sites is 1. The number of phenols is 1. The molecule has 1 spiro atoms. The topological polar surface area (TPSA) is 56.2 Å². The zero-order chi connectivity index (χ0) is 16.7. The highest BCUT2D eigenvalue weighted by atomic mass is 16.5. The minimum atomic E-state index is 0.0444. The number of carbonyl (C=O) groups excluding carboxylic acids is 1. The van der Waals surface area contributed by atoms with Gasteiger partial charge in [0.1, 0.15) is 5.75 Å². The molecule has 130 valence electrons. The second-order valence-corrected chi connectivity index (χ2v) is 7.32. The molecule has 4 rings (SSSR count). The standard InChI is InChI=1S/C18H25N3O3/c1-14(22)20-9-16-10-24-7-6-21(16)18(13-20)11-19(12-18)8-15-4-2-3-5-17(15)23/h2-5,16,23H,6-13H2,1H3/t16-/m1/s1. The van der Waals surface area contributed by atoms with Crippen LogP contribution in [-0.4, -0.2) is 83.2 Å². The predicted molar refractivity (Wildman–Crippen MR) is 89.7 cm³/mol. The Morgan fingerprint density at radius 3 is 2.88 bits per heavy atom. The quantitative estimate of drug-likeness (QED) is 0.856. The third-order valence-corrected chi connectivity index (χ3v) is 5.62. The van der Waals surface area contributed by atoms with Crippen LogP contribution in [0.25, 0.3) is 0 Å². The molecule has 0 unspecified atom stereocenters. The molecule has 3 fully saturated rings. The molecule has 6 heteroatoms. The number of rotatable bonds is 2. The summed E-state index contributed by atoms with van der Waals surface area (Å²) in [6, 6.07) is 7.83. The van der Waals surface area contributed by atoms with E-state index in [-0.39, 0.29) is 11.4 Å². The van der Waals surface area contributed by atoms with E-state index in [0.29, 0.717) is 18.4 Å². The Morgan fingerprint density at radius 1 is 1.33 bits per heavy atom. The number of morpholine rings is 1. The average Bonchev–Trinajstić information content (AvgIpc) is 2.55. The minimum Gasteiger partial charge on any atom is -0.508 e. The van der Waals surface area contributed by atoms with Crippen LogP contribution in [0.3, 0.4) is 0 Å². The summed E-state index contributed by atoms with van der Waals surface area (Å²) in [6.07, 6.45) is 0. The molecule has 3 saturated heterocycles. The second kappa shape index (κ2) is 6.02. The third-order valence-electron chi connectivity index (χ3n) is 5.62. The van der Waals surface area contributed by atoms with Gasteiger partial charge in [0.25, 0.3) is 0 Å². The first kappa shape index (κ1) is 15.9. The molecular weight excluding hydrogens is 306 g/mol. The fourth-order valence-electron chi connectivity index (χ4n) is 4.50. The van der Waals surface area contributed by atoms with E-state index in [9.17, 15) is 9.90 Å². The van der Waals surface area contributed by atoms with Gasteiger partial charge in [-0.25, -0.2) is 0 Å². The van der Waals surface area contributed by atoms with Crippen molar-refractivity contribution in [3.63, 3.8) is 0 Å². The molecule has 1 aromatic carbocycles. The number of phenolic OH excluding ortho intramolecular Hbond substituents is 1. The molecule has 0 aromatic heterocycles. The molecule has 3 aliphatic rings. The summed E-state index contributed by atoms with van der Waals surface area (Å²) in [7, 11) is 0. The van der Waals surface area contributed by atoms with Gasteiger partial charge in [-0.2, -0.15) is 0 Å². The number of carbonyl (C=O) groups is 1. The zero-order valence-electron chi connectivity index (χ0n) is 14.1. The van der Waals surface area contributed by atoms with Crippen LogP contribution in [0.15, 0.2) is 24.3 Å². The Kier molecular flexibility index (Phi) is 3.98. The molecule has 1 amide bonds. The number of benzene rings is 1. The van der Waals surface area contributed by atoms with Crippen molar-refractivity contribution in [3.8, 4) is 5.75 Å². The molecule has 1 atom stereocenters. The second-order valence-electron chi connectivity index (χ2n) is 7.32. The van der Waals surface area contributed by atoms with Gasteiger partial charge in [-0.1, -0.05) is 18.2 Å². The number of hydrogen-bond acceptors (Lipinski definition) is 5. The maximum atomic E-state index is 11.9.